The van der Waals surface area contributed by atoms with Gasteiger partial charge in [-0.05, 0) is 54.5 Å². The summed E-state index contributed by atoms with van der Waals surface area (Å²) in [4.78, 5) is 12.0. The average molecular weight is 344 g/mol. The van der Waals surface area contributed by atoms with Gasteiger partial charge in [-0.3, -0.25) is 9.89 Å². The lowest BCUT2D eigenvalue weighted by Crippen LogP contribution is -2.27. The zero-order valence-corrected chi connectivity index (χ0v) is 13.5. The van der Waals surface area contributed by atoms with Gasteiger partial charge in [0.25, 0.3) is 5.91 Å². The quantitative estimate of drug-likeness (QED) is 0.780. The van der Waals surface area contributed by atoms with Gasteiger partial charge < -0.3 is 10.1 Å². The topological polar surface area (TPSA) is 67.0 Å². The highest BCUT2D eigenvalue weighted by Crippen LogP contribution is 2.19. The van der Waals surface area contributed by atoms with Gasteiger partial charge in [0.1, 0.15) is 0 Å². The molecule has 0 saturated carbocycles. The summed E-state index contributed by atoms with van der Waals surface area (Å²) in [5, 5.41) is 9.83. The maximum Gasteiger partial charge on any atom is 0.272 e. The Bertz CT molecular complexity index is 442. The van der Waals surface area contributed by atoms with E-state index in [9.17, 15) is 4.79 Å². The third kappa shape index (κ3) is 4.06. The summed E-state index contributed by atoms with van der Waals surface area (Å²) in [6.07, 6.45) is 6.75. The molecule has 5 nitrogen and oxygen atoms in total. The van der Waals surface area contributed by atoms with E-state index in [1.54, 1.807) is 0 Å². The van der Waals surface area contributed by atoms with Crippen molar-refractivity contribution in [1.82, 2.24) is 15.5 Å². The van der Waals surface area contributed by atoms with E-state index in [0.717, 1.165) is 42.5 Å². The van der Waals surface area contributed by atoms with Crippen molar-refractivity contribution >= 4 is 21.8 Å². The van der Waals surface area contributed by atoms with Crippen LogP contribution in [0.15, 0.2) is 4.47 Å². The third-order valence-corrected chi connectivity index (χ3v) is 4.46. The fraction of sp³-hybridized carbons (Fsp3) is 0.714. The molecule has 1 aromatic heterocycles. The number of rotatable bonds is 6. The lowest BCUT2D eigenvalue weighted by molar-refractivity contribution is 0.0102. The molecular formula is C14H22BrN3O2. The van der Waals surface area contributed by atoms with Crippen LogP contribution in [0.1, 0.15) is 55.2 Å². The molecule has 2 N–H and O–H groups in total. The van der Waals surface area contributed by atoms with Crippen LogP contribution in [0.4, 0.5) is 0 Å². The van der Waals surface area contributed by atoms with Gasteiger partial charge in [-0.1, -0.05) is 6.92 Å². The van der Waals surface area contributed by atoms with Crippen molar-refractivity contribution in [3.63, 3.8) is 0 Å². The number of carbonyl (C=O) groups excluding carboxylic acids is 1. The molecule has 1 aromatic rings. The molecule has 0 radical (unpaired) electrons. The molecule has 1 unspecified atom stereocenters. The van der Waals surface area contributed by atoms with Gasteiger partial charge in [-0.2, -0.15) is 5.10 Å². The highest BCUT2D eigenvalue weighted by Gasteiger charge is 2.17. The van der Waals surface area contributed by atoms with Crippen molar-refractivity contribution in [2.45, 2.75) is 51.6 Å². The third-order valence-electron chi connectivity index (χ3n) is 3.61. The van der Waals surface area contributed by atoms with E-state index < -0.39 is 0 Å². The predicted molar refractivity (Wildman–Crippen MR) is 80.8 cm³/mol. The number of aromatic amines is 1. The predicted octanol–water partition coefficient (Wildman–Crippen LogP) is 2.81. The summed E-state index contributed by atoms with van der Waals surface area (Å²) in [5.41, 5.74) is 1.39. The second kappa shape index (κ2) is 7.78. The highest BCUT2D eigenvalue weighted by molar-refractivity contribution is 9.10. The van der Waals surface area contributed by atoms with E-state index in [1.165, 1.54) is 12.8 Å². The normalized spacial score (nSPS) is 19.0. The number of H-pyrrole nitrogens is 1. The molecule has 0 aromatic carbocycles. The number of nitrogens with zero attached hydrogens (tertiary/aromatic N) is 1. The van der Waals surface area contributed by atoms with Gasteiger partial charge >= 0.3 is 0 Å². The monoisotopic (exact) mass is 343 g/mol. The number of ether oxygens (including phenoxy) is 1. The number of amides is 1. The van der Waals surface area contributed by atoms with Crippen LogP contribution >= 0.6 is 15.9 Å². The largest absolute Gasteiger partial charge is 0.378 e. The van der Waals surface area contributed by atoms with Crippen molar-refractivity contribution in [3.8, 4) is 0 Å². The van der Waals surface area contributed by atoms with Crippen molar-refractivity contribution in [3.05, 3.63) is 15.9 Å². The molecule has 1 amide bonds. The van der Waals surface area contributed by atoms with Gasteiger partial charge in [0.15, 0.2) is 5.69 Å². The molecule has 1 aliphatic heterocycles. The van der Waals surface area contributed by atoms with Crippen LogP contribution in [0.2, 0.25) is 0 Å². The van der Waals surface area contributed by atoms with Crippen molar-refractivity contribution < 1.29 is 9.53 Å². The van der Waals surface area contributed by atoms with Crippen molar-refractivity contribution in [2.24, 2.45) is 0 Å². The maximum absolute atomic E-state index is 12.0. The van der Waals surface area contributed by atoms with Gasteiger partial charge in [0.05, 0.1) is 10.6 Å². The Morgan fingerprint density at radius 3 is 3.05 bits per heavy atom. The van der Waals surface area contributed by atoms with Gasteiger partial charge in [-0.25, -0.2) is 0 Å². The Morgan fingerprint density at radius 2 is 2.40 bits per heavy atom. The standard InChI is InChI=1S/C14H22BrN3O2/c1-2-11-12(15)13(18-17-11)14(19)16-8-5-7-10-6-3-4-9-20-10/h10H,2-9H2,1H3,(H,16,19)(H,17,18). The molecule has 1 saturated heterocycles. The van der Waals surface area contributed by atoms with E-state index in [-0.39, 0.29) is 5.91 Å². The van der Waals surface area contributed by atoms with E-state index >= 15 is 0 Å². The Balaban J connectivity index is 1.70. The maximum atomic E-state index is 12.0. The van der Waals surface area contributed by atoms with Crippen LogP contribution in [-0.4, -0.2) is 35.4 Å². The minimum absolute atomic E-state index is 0.127. The number of aryl methyl sites for hydroxylation is 1. The average Bonchev–Trinajstić information content (AvgIpc) is 2.85. The Hall–Kier alpha value is -0.880. The Labute approximate surface area is 128 Å². The number of hydrogen-bond acceptors (Lipinski definition) is 3. The minimum Gasteiger partial charge on any atom is -0.378 e. The molecule has 0 spiro atoms. The van der Waals surface area contributed by atoms with E-state index in [1.807, 2.05) is 6.92 Å². The fourth-order valence-electron chi connectivity index (χ4n) is 2.40. The van der Waals surface area contributed by atoms with Crippen molar-refractivity contribution in [1.29, 1.82) is 0 Å². The lowest BCUT2D eigenvalue weighted by atomic mass is 10.0. The molecule has 2 heterocycles. The molecule has 1 fully saturated rings. The number of aromatic nitrogens is 2. The van der Waals surface area contributed by atoms with Crippen LogP contribution in [0, 0.1) is 0 Å². The summed E-state index contributed by atoms with van der Waals surface area (Å²) < 4.78 is 6.44. The number of nitrogens with one attached hydrogen (secondary N) is 2. The second-order valence-corrected chi connectivity index (χ2v) is 5.90. The van der Waals surface area contributed by atoms with E-state index in [2.05, 4.69) is 31.4 Å². The van der Waals surface area contributed by atoms with Crippen LogP contribution in [0.5, 0.6) is 0 Å². The molecule has 20 heavy (non-hydrogen) atoms. The zero-order valence-electron chi connectivity index (χ0n) is 11.9. The van der Waals surface area contributed by atoms with Gasteiger partial charge in [0, 0.05) is 18.8 Å². The number of hydrogen-bond donors (Lipinski definition) is 2. The first-order valence-electron chi connectivity index (χ1n) is 7.35. The fourth-order valence-corrected chi connectivity index (χ4v) is 3.04. The molecule has 0 aliphatic carbocycles. The smallest absolute Gasteiger partial charge is 0.272 e. The molecule has 1 aliphatic rings. The van der Waals surface area contributed by atoms with E-state index in [0.29, 0.717) is 18.3 Å². The van der Waals surface area contributed by atoms with Crippen molar-refractivity contribution in [2.75, 3.05) is 13.2 Å². The zero-order chi connectivity index (χ0) is 14.4. The van der Waals surface area contributed by atoms with Crippen LogP contribution < -0.4 is 5.32 Å². The SMILES string of the molecule is CCc1[nH]nc(C(=O)NCCCC2CCCCO2)c1Br. The first-order chi connectivity index (χ1) is 9.72. The van der Waals surface area contributed by atoms with Crippen LogP contribution in [0.25, 0.3) is 0 Å². The minimum atomic E-state index is -0.127. The highest BCUT2D eigenvalue weighted by atomic mass is 79.9. The van der Waals surface area contributed by atoms with Gasteiger partial charge in [0.2, 0.25) is 0 Å². The summed E-state index contributed by atoms with van der Waals surface area (Å²) in [6.45, 7) is 3.57. The molecule has 2 rings (SSSR count). The first kappa shape index (κ1) is 15.5. The molecular weight excluding hydrogens is 322 g/mol. The molecule has 0 bridgehead atoms. The van der Waals surface area contributed by atoms with E-state index in [4.69, 9.17) is 4.74 Å². The molecule has 6 heteroatoms. The molecule has 112 valence electrons. The molecule has 1 atom stereocenters. The summed E-state index contributed by atoms with van der Waals surface area (Å²) in [6, 6.07) is 0. The first-order valence-corrected chi connectivity index (χ1v) is 8.14. The second-order valence-electron chi connectivity index (χ2n) is 5.11. The lowest BCUT2D eigenvalue weighted by Gasteiger charge is -2.22. The van der Waals surface area contributed by atoms with Crippen LogP contribution in [0.3, 0.4) is 0 Å². The summed E-state index contributed by atoms with van der Waals surface area (Å²) >= 11 is 3.41. The van der Waals surface area contributed by atoms with Crippen LogP contribution in [-0.2, 0) is 11.2 Å². The summed E-state index contributed by atoms with van der Waals surface area (Å²) in [5.74, 6) is -0.127. The number of carbonyl (C=O) groups is 1. The summed E-state index contributed by atoms with van der Waals surface area (Å²) in [7, 11) is 0. The van der Waals surface area contributed by atoms with Gasteiger partial charge in [-0.15, -0.1) is 0 Å². The number of halogens is 1. The Kier molecular flexibility index (Phi) is 6.04. The Morgan fingerprint density at radius 1 is 1.55 bits per heavy atom.